The second-order valence-corrected chi connectivity index (χ2v) is 8.08. The quantitative estimate of drug-likeness (QED) is 0.774. The maximum Gasteiger partial charge on any atom is 0.240 e. The molecule has 21 heavy (non-hydrogen) atoms. The zero-order chi connectivity index (χ0) is 14.9. The maximum absolute atomic E-state index is 12.6. The highest BCUT2D eigenvalue weighted by molar-refractivity contribution is 7.89. The minimum Gasteiger partial charge on any atom is -0.313 e. The highest BCUT2D eigenvalue weighted by Crippen LogP contribution is 2.60. The molecule has 1 aromatic carbocycles. The standard InChI is InChI=1S/C16H24N2O2S/c1-2-17-11-13-5-3-4-6-15(13)21(19,20)18-12-16(9-10-16)14-7-8-14/h3-6,14,17-18H,2,7-12H2,1H3. The molecule has 2 aliphatic carbocycles. The summed E-state index contributed by atoms with van der Waals surface area (Å²) < 4.78 is 28.1. The van der Waals surface area contributed by atoms with E-state index in [4.69, 9.17) is 0 Å². The smallest absolute Gasteiger partial charge is 0.240 e. The van der Waals surface area contributed by atoms with Crippen molar-refractivity contribution < 1.29 is 8.42 Å². The third-order valence-corrected chi connectivity index (χ3v) is 6.28. The monoisotopic (exact) mass is 308 g/mol. The van der Waals surface area contributed by atoms with Crippen LogP contribution in [0, 0.1) is 11.3 Å². The number of benzene rings is 1. The average Bonchev–Trinajstić information content (AvgIpc) is 3.36. The van der Waals surface area contributed by atoms with Crippen LogP contribution in [0.15, 0.2) is 29.2 Å². The molecule has 5 heteroatoms. The van der Waals surface area contributed by atoms with Gasteiger partial charge in [-0.25, -0.2) is 13.1 Å². The number of hydrogen-bond acceptors (Lipinski definition) is 3. The lowest BCUT2D eigenvalue weighted by Crippen LogP contribution is -2.32. The van der Waals surface area contributed by atoms with Crippen molar-refractivity contribution in [3.05, 3.63) is 29.8 Å². The lowest BCUT2D eigenvalue weighted by atomic mass is 10.0. The van der Waals surface area contributed by atoms with Gasteiger partial charge in [-0.05, 0) is 55.2 Å². The lowest BCUT2D eigenvalue weighted by molar-refractivity contribution is 0.431. The first-order chi connectivity index (χ1) is 10.1. The molecule has 2 fully saturated rings. The van der Waals surface area contributed by atoms with Crippen LogP contribution < -0.4 is 10.0 Å². The summed E-state index contributed by atoms with van der Waals surface area (Å²) in [4.78, 5) is 0.414. The van der Waals surface area contributed by atoms with Crippen LogP contribution in [0.1, 0.15) is 38.2 Å². The molecule has 0 unspecified atom stereocenters. The topological polar surface area (TPSA) is 58.2 Å². The summed E-state index contributed by atoms with van der Waals surface area (Å²) in [7, 11) is -3.41. The first-order valence-corrected chi connectivity index (χ1v) is 9.34. The second-order valence-electron chi connectivity index (χ2n) is 6.35. The maximum atomic E-state index is 12.6. The molecule has 4 nitrogen and oxygen atoms in total. The molecule has 0 heterocycles. The predicted octanol–water partition coefficient (Wildman–Crippen LogP) is 2.26. The molecule has 116 valence electrons. The van der Waals surface area contributed by atoms with Gasteiger partial charge in [-0.1, -0.05) is 25.1 Å². The molecule has 3 rings (SSSR count). The third kappa shape index (κ3) is 3.30. The van der Waals surface area contributed by atoms with Crippen molar-refractivity contribution in [2.45, 2.75) is 44.0 Å². The molecule has 0 amide bonds. The number of hydrogen-bond donors (Lipinski definition) is 2. The van der Waals surface area contributed by atoms with Crippen LogP contribution in [0.5, 0.6) is 0 Å². The summed E-state index contributed by atoms with van der Waals surface area (Å²) in [6, 6.07) is 7.26. The van der Waals surface area contributed by atoms with Gasteiger partial charge in [0.2, 0.25) is 10.0 Å². The summed E-state index contributed by atoms with van der Waals surface area (Å²) in [5.74, 6) is 0.761. The highest BCUT2D eigenvalue weighted by atomic mass is 32.2. The summed E-state index contributed by atoms with van der Waals surface area (Å²) in [5.41, 5.74) is 1.12. The van der Waals surface area contributed by atoms with Crippen molar-refractivity contribution in [1.29, 1.82) is 0 Å². The van der Waals surface area contributed by atoms with Gasteiger partial charge in [-0.15, -0.1) is 0 Å². The molecule has 0 bridgehead atoms. The van der Waals surface area contributed by atoms with E-state index >= 15 is 0 Å². The molecule has 0 aliphatic heterocycles. The summed E-state index contributed by atoms with van der Waals surface area (Å²) in [6.07, 6.45) is 4.91. The molecular formula is C16H24N2O2S. The van der Waals surface area contributed by atoms with Gasteiger partial charge in [0.15, 0.2) is 0 Å². The number of rotatable bonds is 8. The Morgan fingerprint density at radius 1 is 1.24 bits per heavy atom. The molecule has 0 atom stereocenters. The molecule has 0 aromatic heterocycles. The summed E-state index contributed by atoms with van der Waals surface area (Å²) in [6.45, 7) is 4.03. The average molecular weight is 308 g/mol. The normalized spacial score (nSPS) is 20.4. The van der Waals surface area contributed by atoms with Gasteiger partial charge in [-0.3, -0.25) is 0 Å². The molecule has 2 saturated carbocycles. The Hall–Kier alpha value is -0.910. The summed E-state index contributed by atoms with van der Waals surface area (Å²) in [5, 5.41) is 3.20. The van der Waals surface area contributed by atoms with E-state index in [1.54, 1.807) is 12.1 Å². The lowest BCUT2D eigenvalue weighted by Gasteiger charge is -2.17. The molecule has 2 N–H and O–H groups in total. The van der Waals surface area contributed by atoms with Gasteiger partial charge in [0.25, 0.3) is 0 Å². The summed E-state index contributed by atoms with van der Waals surface area (Å²) >= 11 is 0. The van der Waals surface area contributed by atoms with Gasteiger partial charge in [0.1, 0.15) is 0 Å². The van der Waals surface area contributed by atoms with Crippen molar-refractivity contribution in [2.24, 2.45) is 11.3 Å². The Balaban J connectivity index is 1.72. The van der Waals surface area contributed by atoms with E-state index in [9.17, 15) is 8.42 Å². The molecule has 0 radical (unpaired) electrons. The van der Waals surface area contributed by atoms with Crippen LogP contribution in [0.4, 0.5) is 0 Å². The van der Waals surface area contributed by atoms with Crippen molar-refractivity contribution >= 4 is 10.0 Å². The Labute approximate surface area is 127 Å². The van der Waals surface area contributed by atoms with Gasteiger partial charge in [0.05, 0.1) is 4.90 Å². The Morgan fingerprint density at radius 3 is 2.57 bits per heavy atom. The fraction of sp³-hybridized carbons (Fsp3) is 0.625. The van der Waals surface area contributed by atoms with Gasteiger partial charge >= 0.3 is 0 Å². The Bertz CT molecular complexity index is 604. The SMILES string of the molecule is CCNCc1ccccc1S(=O)(=O)NCC1(C2CC2)CC1. The first-order valence-electron chi connectivity index (χ1n) is 7.86. The van der Waals surface area contributed by atoms with E-state index in [1.807, 2.05) is 19.1 Å². The third-order valence-electron chi connectivity index (χ3n) is 4.78. The molecule has 1 aromatic rings. The minimum absolute atomic E-state index is 0.281. The van der Waals surface area contributed by atoms with Crippen LogP contribution >= 0.6 is 0 Å². The fourth-order valence-corrected chi connectivity index (χ4v) is 4.45. The second kappa shape index (κ2) is 5.71. The van der Waals surface area contributed by atoms with Crippen LogP contribution in [0.25, 0.3) is 0 Å². The largest absolute Gasteiger partial charge is 0.313 e. The fourth-order valence-electron chi connectivity index (χ4n) is 3.07. The van der Waals surface area contributed by atoms with Crippen molar-refractivity contribution in [1.82, 2.24) is 10.0 Å². The van der Waals surface area contributed by atoms with E-state index in [-0.39, 0.29) is 5.41 Å². The van der Waals surface area contributed by atoms with Crippen LogP contribution in [0.2, 0.25) is 0 Å². The van der Waals surface area contributed by atoms with E-state index in [0.717, 1.165) is 18.0 Å². The number of sulfonamides is 1. The molecular weight excluding hydrogens is 284 g/mol. The van der Waals surface area contributed by atoms with E-state index in [2.05, 4.69) is 10.0 Å². The van der Waals surface area contributed by atoms with Gasteiger partial charge < -0.3 is 5.32 Å². The van der Waals surface area contributed by atoms with Gasteiger partial charge in [0, 0.05) is 13.1 Å². The van der Waals surface area contributed by atoms with Crippen LogP contribution in [-0.2, 0) is 16.6 Å². The van der Waals surface area contributed by atoms with Crippen molar-refractivity contribution in [3.63, 3.8) is 0 Å². The minimum atomic E-state index is -3.41. The van der Waals surface area contributed by atoms with Crippen LogP contribution in [0.3, 0.4) is 0 Å². The van der Waals surface area contributed by atoms with Crippen molar-refractivity contribution in [2.75, 3.05) is 13.1 Å². The van der Waals surface area contributed by atoms with Crippen molar-refractivity contribution in [3.8, 4) is 0 Å². The zero-order valence-electron chi connectivity index (χ0n) is 12.6. The Kier molecular flexibility index (Phi) is 4.08. The predicted molar refractivity (Wildman–Crippen MR) is 83.4 cm³/mol. The molecule has 0 saturated heterocycles. The van der Waals surface area contributed by atoms with Gasteiger partial charge in [-0.2, -0.15) is 0 Å². The Morgan fingerprint density at radius 2 is 1.95 bits per heavy atom. The van der Waals surface area contributed by atoms with E-state index in [0.29, 0.717) is 18.0 Å². The van der Waals surface area contributed by atoms with E-state index < -0.39 is 10.0 Å². The number of nitrogens with one attached hydrogen (secondary N) is 2. The molecule has 2 aliphatic rings. The van der Waals surface area contributed by atoms with E-state index in [1.165, 1.54) is 25.7 Å². The molecule has 0 spiro atoms. The highest BCUT2D eigenvalue weighted by Gasteiger charge is 2.53. The first kappa shape index (κ1) is 15.0. The zero-order valence-corrected chi connectivity index (χ0v) is 13.4. The van der Waals surface area contributed by atoms with Crippen LogP contribution in [-0.4, -0.2) is 21.5 Å².